The van der Waals surface area contributed by atoms with Crippen molar-refractivity contribution in [1.82, 2.24) is 4.98 Å². The van der Waals surface area contributed by atoms with Crippen molar-refractivity contribution in [2.24, 2.45) is 0 Å². The number of nitrogens with one attached hydrogen (secondary N) is 1. The van der Waals surface area contributed by atoms with Gasteiger partial charge in [-0.1, -0.05) is 36.4 Å². The van der Waals surface area contributed by atoms with Crippen LogP contribution in [0.5, 0.6) is 0 Å². The standard InChI is InChI=1S/C12H11N.C4H7NO2.C4H8O2/c1-10-12(8-5-9-13-10)11-6-3-2-4-7-11;1-2-7-4(6)3-5;1-3-6-4(2)5/h2-9H,1H3;3,5H,2H2,1H3;3H2,1-2H3. The van der Waals surface area contributed by atoms with E-state index in [1.165, 1.54) is 18.1 Å². The van der Waals surface area contributed by atoms with Crippen LogP contribution in [0.4, 0.5) is 0 Å². The van der Waals surface area contributed by atoms with E-state index in [1.807, 2.05) is 37.4 Å². The van der Waals surface area contributed by atoms with Gasteiger partial charge in [-0.25, -0.2) is 4.79 Å². The van der Waals surface area contributed by atoms with Gasteiger partial charge in [0.25, 0.3) is 0 Å². The molecule has 2 rings (SSSR count). The van der Waals surface area contributed by atoms with Crippen LogP contribution in [0.2, 0.25) is 0 Å². The Morgan fingerprint density at radius 3 is 2.04 bits per heavy atom. The first-order valence-electron chi connectivity index (χ1n) is 8.23. The lowest BCUT2D eigenvalue weighted by Crippen LogP contribution is -2.02. The molecule has 0 aliphatic carbocycles. The van der Waals surface area contributed by atoms with Crippen molar-refractivity contribution in [2.75, 3.05) is 13.2 Å². The molecule has 1 aromatic heterocycles. The summed E-state index contributed by atoms with van der Waals surface area (Å²) in [4.78, 5) is 24.0. The van der Waals surface area contributed by atoms with Gasteiger partial charge in [0.2, 0.25) is 0 Å². The highest BCUT2D eigenvalue weighted by Gasteiger charge is 1.99. The third-order valence-electron chi connectivity index (χ3n) is 2.84. The van der Waals surface area contributed by atoms with Gasteiger partial charge in [-0.3, -0.25) is 9.78 Å². The van der Waals surface area contributed by atoms with E-state index in [-0.39, 0.29) is 5.97 Å². The summed E-state index contributed by atoms with van der Waals surface area (Å²) >= 11 is 0. The molecule has 0 bridgehead atoms. The first-order chi connectivity index (χ1) is 12.5. The van der Waals surface area contributed by atoms with Gasteiger partial charge in [-0.05, 0) is 32.4 Å². The number of benzene rings is 1. The van der Waals surface area contributed by atoms with Crippen LogP contribution in [0.25, 0.3) is 11.1 Å². The molecular weight excluding hydrogens is 332 g/mol. The van der Waals surface area contributed by atoms with E-state index >= 15 is 0 Å². The number of carbonyl (C=O) groups excluding carboxylic acids is 2. The fourth-order valence-electron chi connectivity index (χ4n) is 1.79. The van der Waals surface area contributed by atoms with Gasteiger partial charge in [0.15, 0.2) is 0 Å². The van der Waals surface area contributed by atoms with Crippen molar-refractivity contribution in [3.63, 3.8) is 0 Å². The SMILES string of the molecule is CCOC(=O)C=N.CCOC(C)=O.Cc1ncccc1-c1ccccc1. The minimum absolute atomic E-state index is 0.211. The number of aryl methyl sites for hydroxylation is 1. The highest BCUT2D eigenvalue weighted by Crippen LogP contribution is 2.20. The van der Waals surface area contributed by atoms with E-state index in [1.54, 1.807) is 13.8 Å². The lowest BCUT2D eigenvalue weighted by molar-refractivity contribution is -0.140. The molecule has 0 saturated carbocycles. The molecule has 0 aliphatic rings. The van der Waals surface area contributed by atoms with Gasteiger partial charge < -0.3 is 14.9 Å². The quantitative estimate of drug-likeness (QED) is 0.663. The number of aromatic nitrogens is 1. The predicted molar refractivity (Wildman–Crippen MR) is 102 cm³/mol. The molecule has 26 heavy (non-hydrogen) atoms. The Balaban J connectivity index is 0.000000411. The van der Waals surface area contributed by atoms with Gasteiger partial charge in [0.1, 0.15) is 6.21 Å². The summed E-state index contributed by atoms with van der Waals surface area (Å²) in [5.74, 6) is -0.792. The van der Waals surface area contributed by atoms with Crippen molar-refractivity contribution >= 4 is 18.2 Å². The van der Waals surface area contributed by atoms with Crippen LogP contribution in [-0.2, 0) is 19.1 Å². The van der Waals surface area contributed by atoms with Crippen LogP contribution < -0.4 is 0 Å². The number of pyridine rings is 1. The topological polar surface area (TPSA) is 89.3 Å². The maximum atomic E-state index is 9.95. The van der Waals surface area contributed by atoms with Crippen molar-refractivity contribution in [3.05, 3.63) is 54.4 Å². The molecule has 0 unspecified atom stereocenters. The summed E-state index contributed by atoms with van der Waals surface area (Å²) in [5.41, 5.74) is 3.52. The Labute approximate surface area is 154 Å². The Bertz CT molecular complexity index is 673. The summed E-state index contributed by atoms with van der Waals surface area (Å²) < 4.78 is 8.71. The smallest absolute Gasteiger partial charge is 0.348 e. The molecule has 6 heteroatoms. The average molecular weight is 358 g/mol. The highest BCUT2D eigenvalue weighted by molar-refractivity contribution is 6.21. The minimum Gasteiger partial charge on any atom is -0.466 e. The van der Waals surface area contributed by atoms with E-state index in [4.69, 9.17) is 5.41 Å². The van der Waals surface area contributed by atoms with Gasteiger partial charge in [-0.15, -0.1) is 0 Å². The number of carbonyl (C=O) groups is 2. The van der Waals surface area contributed by atoms with Crippen LogP contribution >= 0.6 is 0 Å². The monoisotopic (exact) mass is 358 g/mol. The Morgan fingerprint density at radius 2 is 1.65 bits per heavy atom. The fraction of sp³-hybridized carbons (Fsp3) is 0.300. The molecule has 0 spiro atoms. The number of hydrogen-bond acceptors (Lipinski definition) is 6. The molecule has 0 aliphatic heterocycles. The van der Waals surface area contributed by atoms with E-state index in [0.717, 1.165) is 5.69 Å². The maximum Gasteiger partial charge on any atom is 0.348 e. The summed E-state index contributed by atoms with van der Waals surface area (Å²) in [5, 5.41) is 6.31. The summed E-state index contributed by atoms with van der Waals surface area (Å²) in [7, 11) is 0. The number of nitrogens with zero attached hydrogens (tertiary/aromatic N) is 1. The van der Waals surface area contributed by atoms with Crippen molar-refractivity contribution in [1.29, 1.82) is 5.41 Å². The van der Waals surface area contributed by atoms with Gasteiger partial charge >= 0.3 is 11.9 Å². The lowest BCUT2D eigenvalue weighted by Gasteiger charge is -2.03. The van der Waals surface area contributed by atoms with Crippen molar-refractivity contribution in [2.45, 2.75) is 27.7 Å². The molecule has 0 fully saturated rings. The third kappa shape index (κ3) is 10.7. The second-order valence-electron chi connectivity index (χ2n) is 4.82. The molecule has 0 amide bonds. The molecule has 1 N–H and O–H groups in total. The van der Waals surface area contributed by atoms with Crippen LogP contribution in [0, 0.1) is 12.3 Å². The summed E-state index contributed by atoms with van der Waals surface area (Å²) in [6, 6.07) is 14.4. The molecule has 0 saturated heterocycles. The molecular formula is C20H26N2O4. The lowest BCUT2D eigenvalue weighted by atomic mass is 10.1. The molecule has 1 heterocycles. The fourth-order valence-corrected chi connectivity index (χ4v) is 1.79. The molecule has 1 aromatic carbocycles. The number of esters is 2. The van der Waals surface area contributed by atoms with Crippen molar-refractivity contribution < 1.29 is 19.1 Å². The van der Waals surface area contributed by atoms with Gasteiger partial charge in [0.05, 0.1) is 13.2 Å². The van der Waals surface area contributed by atoms with Gasteiger partial charge in [0, 0.05) is 24.4 Å². The number of hydrogen-bond donors (Lipinski definition) is 1. The molecule has 0 radical (unpaired) electrons. The molecule has 2 aromatic rings. The van der Waals surface area contributed by atoms with E-state index in [2.05, 4.69) is 32.7 Å². The number of ether oxygens (including phenoxy) is 2. The van der Waals surface area contributed by atoms with Crippen LogP contribution in [-0.4, -0.2) is 36.4 Å². The average Bonchev–Trinajstić information content (AvgIpc) is 2.64. The predicted octanol–water partition coefficient (Wildman–Crippen LogP) is 3.83. The van der Waals surface area contributed by atoms with Gasteiger partial charge in [-0.2, -0.15) is 0 Å². The zero-order valence-electron chi connectivity index (χ0n) is 15.7. The Kier molecular flexibility index (Phi) is 12.7. The third-order valence-corrected chi connectivity index (χ3v) is 2.84. The summed E-state index contributed by atoms with van der Waals surface area (Å²) in [6.45, 7) is 7.72. The molecule has 140 valence electrons. The van der Waals surface area contributed by atoms with E-state index in [9.17, 15) is 9.59 Å². The largest absolute Gasteiger partial charge is 0.466 e. The second kappa shape index (κ2) is 14.3. The number of rotatable bonds is 4. The minimum atomic E-state index is -0.581. The normalized spacial score (nSPS) is 8.77. The zero-order chi connectivity index (χ0) is 19.8. The summed E-state index contributed by atoms with van der Waals surface area (Å²) in [6.07, 6.45) is 2.46. The highest BCUT2D eigenvalue weighted by atomic mass is 16.5. The maximum absolute atomic E-state index is 9.95. The Hall–Kier alpha value is -3.02. The molecule has 0 atom stereocenters. The van der Waals surface area contributed by atoms with Crippen molar-refractivity contribution in [3.8, 4) is 11.1 Å². The van der Waals surface area contributed by atoms with Crippen LogP contribution in [0.3, 0.4) is 0 Å². The second-order valence-corrected chi connectivity index (χ2v) is 4.82. The van der Waals surface area contributed by atoms with Crippen LogP contribution in [0.15, 0.2) is 48.7 Å². The Morgan fingerprint density at radius 1 is 1.04 bits per heavy atom. The first kappa shape index (κ1) is 23.0. The zero-order valence-corrected chi connectivity index (χ0v) is 15.7. The van der Waals surface area contributed by atoms with E-state index in [0.29, 0.717) is 19.4 Å². The van der Waals surface area contributed by atoms with Crippen LogP contribution in [0.1, 0.15) is 26.5 Å². The first-order valence-corrected chi connectivity index (χ1v) is 8.23. The van der Waals surface area contributed by atoms with E-state index < -0.39 is 5.97 Å². The molecule has 6 nitrogen and oxygen atoms in total.